The molecule has 0 saturated carbocycles. The van der Waals surface area contributed by atoms with Crippen molar-refractivity contribution in [3.8, 4) is 11.1 Å². The van der Waals surface area contributed by atoms with E-state index < -0.39 is 36.1 Å². The lowest BCUT2D eigenvalue weighted by Crippen LogP contribution is -2.32. The number of carbonyl (C=O) groups excluding carboxylic acids is 2. The smallest absolute Gasteiger partial charge is 0.351 e. The maximum Gasteiger partial charge on any atom is 0.351 e. The maximum absolute atomic E-state index is 13.0. The Balaban J connectivity index is 1.39. The van der Waals surface area contributed by atoms with Crippen molar-refractivity contribution < 1.29 is 23.8 Å². The van der Waals surface area contributed by atoms with Gasteiger partial charge in [0.05, 0.1) is 11.1 Å². The number of aromatic nitrogens is 3. The standard InChI is InChI=1S/C30H28N4O6/c1-18-3-7-21(8-4-18)28(35)38-17-25-24(40-29(36)22-9-5-19(2)6-10-22)15-26(39-25)34-16-23(27(31)33-30(34)37)20-11-13-32-14-12-20/h3-14,16,24-26H,15,17H2,1-2H3,(H2,31,33,37)/t24-,25+,26-/m0/s1. The Labute approximate surface area is 230 Å². The second-order valence-corrected chi connectivity index (χ2v) is 9.60. The lowest BCUT2D eigenvalue weighted by Gasteiger charge is -2.19. The van der Waals surface area contributed by atoms with E-state index in [0.717, 1.165) is 16.7 Å². The number of hydrogen-bond donors (Lipinski definition) is 1. The van der Waals surface area contributed by atoms with E-state index in [2.05, 4.69) is 9.97 Å². The van der Waals surface area contributed by atoms with Gasteiger partial charge in [0, 0.05) is 30.6 Å². The van der Waals surface area contributed by atoms with Crippen molar-refractivity contribution in [1.29, 1.82) is 0 Å². The second-order valence-electron chi connectivity index (χ2n) is 9.60. The number of rotatable bonds is 7. The van der Waals surface area contributed by atoms with E-state index in [1.54, 1.807) is 55.0 Å². The summed E-state index contributed by atoms with van der Waals surface area (Å²) in [6.45, 7) is 3.65. The largest absolute Gasteiger partial charge is 0.459 e. The van der Waals surface area contributed by atoms with Crippen molar-refractivity contribution in [2.45, 2.75) is 38.7 Å². The van der Waals surface area contributed by atoms with Crippen LogP contribution in [0.1, 0.15) is 44.5 Å². The maximum atomic E-state index is 13.0. The highest BCUT2D eigenvalue weighted by atomic mass is 16.6. The topological polar surface area (TPSA) is 136 Å². The third kappa shape index (κ3) is 5.92. The van der Waals surface area contributed by atoms with Crippen molar-refractivity contribution in [2.24, 2.45) is 0 Å². The van der Waals surface area contributed by atoms with Gasteiger partial charge in [-0.15, -0.1) is 0 Å². The number of carbonyl (C=O) groups is 2. The fraction of sp³-hybridized carbons (Fsp3) is 0.233. The molecule has 5 rings (SSSR count). The minimum absolute atomic E-state index is 0.0661. The van der Waals surface area contributed by atoms with Crippen LogP contribution in [-0.4, -0.2) is 45.3 Å². The van der Waals surface area contributed by atoms with E-state index in [1.807, 2.05) is 38.1 Å². The number of pyridine rings is 1. The quantitative estimate of drug-likeness (QED) is 0.346. The van der Waals surface area contributed by atoms with Gasteiger partial charge in [-0.25, -0.2) is 14.4 Å². The molecule has 1 fully saturated rings. The molecule has 0 bridgehead atoms. The number of anilines is 1. The first-order valence-electron chi connectivity index (χ1n) is 12.7. The third-order valence-corrected chi connectivity index (χ3v) is 6.67. The lowest BCUT2D eigenvalue weighted by molar-refractivity contribution is -0.0581. The minimum atomic E-state index is -0.847. The Hall–Kier alpha value is -4.83. The highest BCUT2D eigenvalue weighted by molar-refractivity contribution is 5.90. The van der Waals surface area contributed by atoms with Crippen LogP contribution in [0.4, 0.5) is 5.82 Å². The van der Waals surface area contributed by atoms with Crippen LogP contribution in [0.15, 0.2) is 84.0 Å². The molecule has 1 aliphatic rings. The van der Waals surface area contributed by atoms with Gasteiger partial charge in [0.15, 0.2) is 0 Å². The van der Waals surface area contributed by atoms with Crippen LogP contribution in [0, 0.1) is 13.8 Å². The third-order valence-electron chi connectivity index (χ3n) is 6.67. The summed E-state index contributed by atoms with van der Waals surface area (Å²) in [5, 5.41) is 0. The first-order chi connectivity index (χ1) is 19.3. The van der Waals surface area contributed by atoms with Gasteiger partial charge in [0.2, 0.25) is 0 Å². The first-order valence-corrected chi connectivity index (χ1v) is 12.7. The molecule has 0 radical (unpaired) electrons. The van der Waals surface area contributed by atoms with Gasteiger partial charge in [-0.3, -0.25) is 9.55 Å². The molecule has 0 amide bonds. The SMILES string of the molecule is Cc1ccc(C(=O)OC[C@H]2O[C@H](n3cc(-c4ccncc4)c(N)nc3=O)C[C@@H]2OC(=O)c2ccc(C)cc2)cc1. The Kier molecular flexibility index (Phi) is 7.70. The fourth-order valence-corrected chi connectivity index (χ4v) is 4.41. The fourth-order valence-electron chi connectivity index (χ4n) is 4.41. The number of hydrogen-bond acceptors (Lipinski definition) is 9. The highest BCUT2D eigenvalue weighted by Gasteiger charge is 2.40. The summed E-state index contributed by atoms with van der Waals surface area (Å²) in [5.41, 5.74) is 9.43. The van der Waals surface area contributed by atoms with E-state index >= 15 is 0 Å². The predicted molar refractivity (Wildman–Crippen MR) is 147 cm³/mol. The van der Waals surface area contributed by atoms with E-state index in [9.17, 15) is 14.4 Å². The summed E-state index contributed by atoms with van der Waals surface area (Å²) in [6, 6.07) is 17.4. The molecule has 0 aliphatic carbocycles. The number of nitrogens with two attached hydrogens (primary N) is 1. The van der Waals surface area contributed by atoms with Gasteiger partial charge in [0.25, 0.3) is 0 Å². The summed E-state index contributed by atoms with van der Waals surface area (Å²) in [5.74, 6) is -1.03. The molecule has 1 saturated heterocycles. The average molecular weight is 541 g/mol. The van der Waals surface area contributed by atoms with Crippen molar-refractivity contribution >= 4 is 17.8 Å². The van der Waals surface area contributed by atoms with Gasteiger partial charge in [-0.1, -0.05) is 35.4 Å². The summed E-state index contributed by atoms with van der Waals surface area (Å²) < 4.78 is 18.8. The second kappa shape index (κ2) is 11.5. The molecule has 0 unspecified atom stereocenters. The zero-order valence-corrected chi connectivity index (χ0v) is 22.0. The number of ether oxygens (including phenoxy) is 3. The summed E-state index contributed by atoms with van der Waals surface area (Å²) >= 11 is 0. The molecule has 2 aromatic heterocycles. The molecule has 2 aromatic carbocycles. The molecule has 10 nitrogen and oxygen atoms in total. The Morgan fingerprint density at radius 1 is 0.950 bits per heavy atom. The molecule has 2 N–H and O–H groups in total. The monoisotopic (exact) mass is 540 g/mol. The molecule has 1 aliphatic heterocycles. The minimum Gasteiger partial charge on any atom is -0.459 e. The van der Waals surface area contributed by atoms with E-state index in [0.29, 0.717) is 16.7 Å². The first kappa shape index (κ1) is 26.8. The number of esters is 2. The number of nitrogens with zero attached hydrogens (tertiary/aromatic N) is 3. The van der Waals surface area contributed by atoms with E-state index in [1.165, 1.54) is 4.57 Å². The number of nitrogen functional groups attached to an aromatic ring is 1. The van der Waals surface area contributed by atoms with Gasteiger partial charge in [0.1, 0.15) is 30.9 Å². The van der Waals surface area contributed by atoms with Gasteiger partial charge >= 0.3 is 17.6 Å². The normalized spacial score (nSPS) is 18.3. The molecule has 4 aromatic rings. The molecule has 204 valence electrons. The van der Waals surface area contributed by atoms with Gasteiger partial charge < -0.3 is 19.9 Å². The van der Waals surface area contributed by atoms with E-state index in [-0.39, 0.29) is 18.8 Å². The van der Waals surface area contributed by atoms with Crippen LogP contribution in [0.3, 0.4) is 0 Å². The van der Waals surface area contributed by atoms with Crippen molar-refractivity contribution in [2.75, 3.05) is 12.3 Å². The molecule has 40 heavy (non-hydrogen) atoms. The van der Waals surface area contributed by atoms with Crippen molar-refractivity contribution in [3.05, 3.63) is 112 Å². The van der Waals surface area contributed by atoms with Crippen molar-refractivity contribution in [3.63, 3.8) is 0 Å². The number of aryl methyl sites for hydroxylation is 2. The highest BCUT2D eigenvalue weighted by Crippen LogP contribution is 2.33. The molecule has 3 atom stereocenters. The molecule has 3 heterocycles. The molecular formula is C30H28N4O6. The Morgan fingerprint density at radius 3 is 2.17 bits per heavy atom. The van der Waals surface area contributed by atoms with Crippen LogP contribution >= 0.6 is 0 Å². The lowest BCUT2D eigenvalue weighted by atomic mass is 10.1. The zero-order chi connectivity index (χ0) is 28.2. The van der Waals surface area contributed by atoms with Crippen LogP contribution in [0.25, 0.3) is 11.1 Å². The number of benzene rings is 2. The van der Waals surface area contributed by atoms with Crippen LogP contribution < -0.4 is 11.4 Å². The van der Waals surface area contributed by atoms with E-state index in [4.69, 9.17) is 19.9 Å². The van der Waals surface area contributed by atoms with Crippen LogP contribution in [0.2, 0.25) is 0 Å². The molecule has 10 heteroatoms. The van der Waals surface area contributed by atoms with Gasteiger partial charge in [-0.2, -0.15) is 4.98 Å². The average Bonchev–Trinajstić information content (AvgIpc) is 3.35. The molecular weight excluding hydrogens is 512 g/mol. The summed E-state index contributed by atoms with van der Waals surface area (Å²) in [4.78, 5) is 46.5. The summed E-state index contributed by atoms with van der Waals surface area (Å²) in [7, 11) is 0. The Bertz CT molecular complexity index is 1570. The molecule has 0 spiro atoms. The zero-order valence-electron chi connectivity index (χ0n) is 22.0. The Morgan fingerprint density at radius 2 is 1.55 bits per heavy atom. The van der Waals surface area contributed by atoms with Gasteiger partial charge in [-0.05, 0) is 55.8 Å². The van der Waals surface area contributed by atoms with Crippen molar-refractivity contribution in [1.82, 2.24) is 14.5 Å². The van der Waals surface area contributed by atoms with Crippen LogP contribution in [0.5, 0.6) is 0 Å². The van der Waals surface area contributed by atoms with Crippen LogP contribution in [-0.2, 0) is 14.2 Å². The predicted octanol–water partition coefficient (Wildman–Crippen LogP) is 3.87. The summed E-state index contributed by atoms with van der Waals surface area (Å²) in [6.07, 6.45) is 2.42.